The molecule has 13 heavy (non-hydrogen) atoms. The first kappa shape index (κ1) is 10.4. The zero-order chi connectivity index (χ0) is 9.90. The maximum atomic E-state index is 12.5. The molecule has 0 saturated heterocycles. The number of halogens is 2. The van der Waals surface area contributed by atoms with Crippen LogP contribution in [0.3, 0.4) is 0 Å². The highest BCUT2D eigenvalue weighted by atomic mass is 127. The summed E-state index contributed by atoms with van der Waals surface area (Å²) in [6.45, 7) is 1.78. The van der Waals surface area contributed by atoms with Crippen molar-refractivity contribution in [3.05, 3.63) is 29.8 Å². The van der Waals surface area contributed by atoms with E-state index in [-0.39, 0.29) is 5.82 Å². The lowest BCUT2D eigenvalue weighted by Crippen LogP contribution is -2.32. The number of carbonyl (C=O) groups is 1. The summed E-state index contributed by atoms with van der Waals surface area (Å²) in [7, 11) is 0. The lowest BCUT2D eigenvalue weighted by Gasteiger charge is -2.20. The van der Waals surface area contributed by atoms with Crippen LogP contribution in [0.1, 0.15) is 12.6 Å². The molecule has 1 aromatic heterocycles. The van der Waals surface area contributed by atoms with Crippen molar-refractivity contribution in [2.24, 2.45) is 0 Å². The Balaban J connectivity index is 2.93. The maximum Gasteiger partial charge on any atom is 0.208 e. The summed E-state index contributed by atoms with van der Waals surface area (Å²) in [5.41, 5.74) is 0.613. The number of rotatable bonds is 3. The average molecular weight is 294 g/mol. The number of carbonyl (C=O) groups excluding carboxylic acids is 1. The molecule has 1 N–H and O–H groups in total. The van der Waals surface area contributed by atoms with Gasteiger partial charge in [-0.05, 0) is 41.6 Å². The quantitative estimate of drug-likeness (QED) is 0.398. The van der Waals surface area contributed by atoms with Gasteiger partial charge in [0.25, 0.3) is 0 Å². The zero-order valence-electron chi connectivity index (χ0n) is 6.92. The van der Waals surface area contributed by atoms with Crippen molar-refractivity contribution in [2.75, 3.05) is 0 Å². The van der Waals surface area contributed by atoms with E-state index in [1.54, 1.807) is 6.92 Å². The number of hydrogen-bond acceptors (Lipinski definition) is 2. The number of aromatic nitrogens is 1. The lowest BCUT2D eigenvalue weighted by atomic mass is 10.2. The van der Waals surface area contributed by atoms with E-state index in [0.717, 1.165) is 6.20 Å². The van der Waals surface area contributed by atoms with Crippen LogP contribution in [0.5, 0.6) is 0 Å². The van der Waals surface area contributed by atoms with Crippen molar-refractivity contribution in [2.45, 2.75) is 10.5 Å². The molecular weight excluding hydrogens is 286 g/mol. The molecule has 5 heteroatoms. The summed E-state index contributed by atoms with van der Waals surface area (Å²) < 4.78 is 11.9. The highest BCUT2D eigenvalue weighted by molar-refractivity contribution is 14.1. The van der Waals surface area contributed by atoms with Crippen molar-refractivity contribution in [3.63, 3.8) is 0 Å². The van der Waals surface area contributed by atoms with Gasteiger partial charge in [0.1, 0.15) is 9.36 Å². The molecule has 0 bridgehead atoms. The van der Waals surface area contributed by atoms with Gasteiger partial charge in [-0.2, -0.15) is 0 Å². The Labute approximate surface area is 88.9 Å². The highest BCUT2D eigenvalue weighted by Crippen LogP contribution is 2.25. The van der Waals surface area contributed by atoms with Crippen LogP contribution in [0.2, 0.25) is 0 Å². The molecule has 1 unspecified atom stereocenters. The first-order valence-electron chi connectivity index (χ1n) is 3.58. The summed E-state index contributed by atoms with van der Waals surface area (Å²) in [5, 5.41) is 2.58. The molecule has 1 rings (SSSR count). The topological polar surface area (TPSA) is 42.0 Å². The fourth-order valence-electron chi connectivity index (χ4n) is 0.838. The summed E-state index contributed by atoms with van der Waals surface area (Å²) in [4.78, 5) is 14.1. The van der Waals surface area contributed by atoms with E-state index in [1.807, 2.05) is 22.6 Å². The second-order valence-electron chi connectivity index (χ2n) is 2.63. The predicted molar refractivity (Wildman–Crippen MR) is 54.8 cm³/mol. The van der Waals surface area contributed by atoms with Gasteiger partial charge in [-0.25, -0.2) is 4.39 Å². The molecule has 0 aliphatic carbocycles. The van der Waals surface area contributed by atoms with Crippen LogP contribution >= 0.6 is 22.6 Å². The van der Waals surface area contributed by atoms with Crippen molar-refractivity contribution in [3.8, 4) is 0 Å². The molecule has 1 aromatic rings. The van der Waals surface area contributed by atoms with E-state index in [4.69, 9.17) is 0 Å². The van der Waals surface area contributed by atoms with E-state index in [2.05, 4.69) is 10.3 Å². The fraction of sp³-hybridized carbons (Fsp3) is 0.250. The molecule has 1 atom stereocenters. The van der Waals surface area contributed by atoms with E-state index in [9.17, 15) is 9.18 Å². The minimum atomic E-state index is -0.590. The SMILES string of the molecule is CC(I)(NC=O)c1ccc(F)cn1. The molecule has 0 fully saturated rings. The molecule has 1 amide bonds. The molecule has 0 aromatic carbocycles. The molecule has 70 valence electrons. The Hall–Kier alpha value is -0.720. The third kappa shape index (κ3) is 2.61. The molecule has 0 spiro atoms. The number of nitrogens with one attached hydrogen (secondary N) is 1. The van der Waals surface area contributed by atoms with E-state index in [0.29, 0.717) is 12.1 Å². The number of alkyl halides is 1. The van der Waals surface area contributed by atoms with Crippen molar-refractivity contribution >= 4 is 29.0 Å². The van der Waals surface area contributed by atoms with Crippen LogP contribution in [0.4, 0.5) is 4.39 Å². The summed E-state index contributed by atoms with van der Waals surface area (Å²) in [6, 6.07) is 2.85. The number of amides is 1. The van der Waals surface area contributed by atoms with Gasteiger partial charge in [0, 0.05) is 0 Å². The van der Waals surface area contributed by atoms with Gasteiger partial charge in [-0.1, -0.05) is 0 Å². The van der Waals surface area contributed by atoms with Crippen LogP contribution in [-0.2, 0) is 8.34 Å². The first-order valence-corrected chi connectivity index (χ1v) is 4.66. The van der Waals surface area contributed by atoms with E-state index >= 15 is 0 Å². The standard InChI is InChI=1S/C8H8FIN2O/c1-8(10,12-5-13)7-3-2-6(9)4-11-7/h2-5H,1H3,(H,12,13). The molecule has 0 saturated carbocycles. The first-order chi connectivity index (χ1) is 6.06. The molecule has 1 heterocycles. The summed E-state index contributed by atoms with van der Waals surface area (Å²) >= 11 is 2.03. The van der Waals surface area contributed by atoms with Crippen LogP contribution in [0, 0.1) is 5.82 Å². The summed E-state index contributed by atoms with van der Waals surface area (Å²) in [5.74, 6) is -0.387. The van der Waals surface area contributed by atoms with Crippen molar-refractivity contribution in [1.82, 2.24) is 10.3 Å². The third-order valence-corrected chi connectivity index (χ3v) is 2.40. The van der Waals surface area contributed by atoms with Gasteiger partial charge < -0.3 is 5.32 Å². The normalized spacial score (nSPS) is 14.7. The monoisotopic (exact) mass is 294 g/mol. The van der Waals surface area contributed by atoms with Gasteiger partial charge in [-0.15, -0.1) is 0 Å². The Morgan fingerprint density at radius 1 is 1.69 bits per heavy atom. The number of nitrogens with zero attached hydrogens (tertiary/aromatic N) is 1. The Bertz CT molecular complexity index is 300. The van der Waals surface area contributed by atoms with E-state index in [1.165, 1.54) is 12.1 Å². The van der Waals surface area contributed by atoms with Gasteiger partial charge in [0.05, 0.1) is 11.9 Å². The molecule has 0 radical (unpaired) electrons. The number of pyridine rings is 1. The van der Waals surface area contributed by atoms with E-state index < -0.39 is 3.55 Å². The minimum Gasteiger partial charge on any atom is -0.339 e. The predicted octanol–water partition coefficient (Wildman–Crippen LogP) is 1.57. The van der Waals surface area contributed by atoms with Crippen molar-refractivity contribution in [1.29, 1.82) is 0 Å². The van der Waals surface area contributed by atoms with Crippen LogP contribution in [-0.4, -0.2) is 11.4 Å². The number of hydrogen-bond donors (Lipinski definition) is 1. The summed E-state index contributed by atoms with van der Waals surface area (Å²) in [6.07, 6.45) is 1.72. The average Bonchev–Trinajstić information content (AvgIpc) is 2.05. The fourth-order valence-corrected chi connectivity index (χ4v) is 1.28. The second kappa shape index (κ2) is 3.99. The third-order valence-electron chi connectivity index (χ3n) is 1.54. The Morgan fingerprint density at radius 3 is 2.85 bits per heavy atom. The second-order valence-corrected chi connectivity index (χ2v) is 4.78. The molecule has 0 aliphatic rings. The van der Waals surface area contributed by atoms with Crippen LogP contribution in [0.15, 0.2) is 18.3 Å². The largest absolute Gasteiger partial charge is 0.339 e. The lowest BCUT2D eigenvalue weighted by molar-refractivity contribution is -0.110. The van der Waals surface area contributed by atoms with Crippen LogP contribution < -0.4 is 5.32 Å². The van der Waals surface area contributed by atoms with Gasteiger partial charge in [-0.3, -0.25) is 9.78 Å². The molecule has 3 nitrogen and oxygen atoms in total. The molecule has 0 aliphatic heterocycles. The minimum absolute atomic E-state index is 0.387. The van der Waals surface area contributed by atoms with Gasteiger partial charge in [0.2, 0.25) is 6.41 Å². The molecular formula is C8H8FIN2O. The van der Waals surface area contributed by atoms with Gasteiger partial charge in [0.15, 0.2) is 0 Å². The van der Waals surface area contributed by atoms with Crippen molar-refractivity contribution < 1.29 is 9.18 Å². The highest BCUT2D eigenvalue weighted by Gasteiger charge is 2.22. The zero-order valence-corrected chi connectivity index (χ0v) is 9.08. The maximum absolute atomic E-state index is 12.5. The van der Waals surface area contributed by atoms with Crippen LogP contribution in [0.25, 0.3) is 0 Å². The Kier molecular flexibility index (Phi) is 3.18. The Morgan fingerprint density at radius 2 is 2.38 bits per heavy atom. The smallest absolute Gasteiger partial charge is 0.208 e. The van der Waals surface area contributed by atoms with Gasteiger partial charge >= 0.3 is 0 Å².